The molecule has 1 amide bonds. The molecule has 0 N–H and O–H groups in total. The molecule has 0 spiro atoms. The largest absolute Gasteiger partial charge is 0.467 e. The first-order chi connectivity index (χ1) is 19.2. The Kier molecular flexibility index (Phi) is 9.11. The minimum Gasteiger partial charge on any atom is -0.467 e. The van der Waals surface area contributed by atoms with Crippen LogP contribution in [0.1, 0.15) is 22.3 Å². The molecule has 0 saturated carbocycles. The maximum absolute atomic E-state index is 13.5. The number of rotatable bonds is 9. The van der Waals surface area contributed by atoms with E-state index in [2.05, 4.69) is 4.98 Å². The highest BCUT2D eigenvalue weighted by molar-refractivity contribution is 5.94. The first-order valence-corrected chi connectivity index (χ1v) is 12.5. The zero-order valence-corrected chi connectivity index (χ0v) is 21.7. The molecule has 1 heterocycles. The van der Waals surface area contributed by atoms with E-state index in [1.54, 1.807) is 6.20 Å². The van der Waals surface area contributed by atoms with E-state index in [0.717, 1.165) is 34.5 Å². The Morgan fingerprint density at radius 2 is 1.55 bits per heavy atom. The zero-order valence-electron chi connectivity index (χ0n) is 21.7. The van der Waals surface area contributed by atoms with Crippen LogP contribution in [0.15, 0.2) is 109 Å². The summed E-state index contributed by atoms with van der Waals surface area (Å²) < 4.78 is 43.8. The number of halogens is 3. The van der Waals surface area contributed by atoms with Crippen LogP contribution in [0.4, 0.5) is 13.2 Å². The number of pyridine rings is 1. The first kappa shape index (κ1) is 28.3. The Hall–Kier alpha value is -4.72. The van der Waals surface area contributed by atoms with Gasteiger partial charge >= 0.3 is 12.1 Å². The predicted octanol–water partition coefficient (Wildman–Crippen LogP) is 6.59. The number of esters is 1. The first-order valence-electron chi connectivity index (χ1n) is 12.5. The summed E-state index contributed by atoms with van der Waals surface area (Å²) in [5.41, 5.74) is 2.96. The van der Waals surface area contributed by atoms with E-state index >= 15 is 0 Å². The van der Waals surface area contributed by atoms with Crippen molar-refractivity contribution in [3.8, 4) is 11.3 Å². The number of aromatic nitrogens is 1. The van der Waals surface area contributed by atoms with Crippen molar-refractivity contribution in [2.45, 2.75) is 25.2 Å². The van der Waals surface area contributed by atoms with E-state index in [4.69, 9.17) is 4.74 Å². The van der Waals surface area contributed by atoms with E-state index < -0.39 is 29.7 Å². The van der Waals surface area contributed by atoms with Crippen molar-refractivity contribution in [2.24, 2.45) is 0 Å². The lowest BCUT2D eigenvalue weighted by Gasteiger charge is -2.29. The Balaban J connectivity index is 1.63. The summed E-state index contributed by atoms with van der Waals surface area (Å²) >= 11 is 0. The highest BCUT2D eigenvalue weighted by Crippen LogP contribution is 2.29. The monoisotopic (exact) mass is 544 g/mol. The number of alkyl halides is 3. The fourth-order valence-corrected chi connectivity index (χ4v) is 4.19. The Morgan fingerprint density at radius 3 is 2.15 bits per heavy atom. The van der Waals surface area contributed by atoms with Gasteiger partial charge in [0.2, 0.25) is 5.91 Å². The normalized spacial score (nSPS) is 12.2. The van der Waals surface area contributed by atoms with E-state index in [1.807, 2.05) is 72.8 Å². The van der Waals surface area contributed by atoms with Crippen LogP contribution in [-0.4, -0.2) is 34.9 Å². The molecular weight excluding hydrogens is 517 g/mol. The summed E-state index contributed by atoms with van der Waals surface area (Å²) in [4.78, 5) is 32.2. The van der Waals surface area contributed by atoms with Gasteiger partial charge in [0.05, 0.1) is 18.4 Å². The van der Waals surface area contributed by atoms with Gasteiger partial charge in [0.25, 0.3) is 0 Å². The topological polar surface area (TPSA) is 59.5 Å². The summed E-state index contributed by atoms with van der Waals surface area (Å²) in [7, 11) is 1.27. The fraction of sp³-hybridized carbons (Fsp3) is 0.156. The molecule has 0 fully saturated rings. The molecule has 0 aliphatic heterocycles. The molecule has 5 nitrogen and oxygen atoms in total. The van der Waals surface area contributed by atoms with Crippen molar-refractivity contribution in [3.05, 3.63) is 132 Å². The molecule has 4 aromatic rings. The maximum Gasteiger partial charge on any atom is 0.416 e. The van der Waals surface area contributed by atoms with Crippen molar-refractivity contribution in [1.82, 2.24) is 9.88 Å². The Labute approximate surface area is 230 Å². The third-order valence-electron chi connectivity index (χ3n) is 6.33. The number of hydrogen-bond donors (Lipinski definition) is 0. The van der Waals surface area contributed by atoms with Gasteiger partial charge in [0.15, 0.2) is 0 Å². The lowest BCUT2D eigenvalue weighted by molar-refractivity contribution is -0.151. The van der Waals surface area contributed by atoms with Crippen LogP contribution in [0.25, 0.3) is 17.3 Å². The maximum atomic E-state index is 13.5. The summed E-state index contributed by atoms with van der Waals surface area (Å²) in [6.07, 6.45) is 0.158. The third kappa shape index (κ3) is 7.44. The van der Waals surface area contributed by atoms with Gasteiger partial charge in [-0.15, -0.1) is 0 Å². The molecular formula is C32H27F3N2O3. The minimum atomic E-state index is -4.45. The quantitative estimate of drug-likeness (QED) is 0.176. The van der Waals surface area contributed by atoms with Gasteiger partial charge in [0, 0.05) is 30.8 Å². The van der Waals surface area contributed by atoms with E-state index in [9.17, 15) is 22.8 Å². The SMILES string of the molecule is COC(=O)[C@H](Cc1ccccc1)N(Cc1ccc(-c2ccccn2)cc1)C(=O)C=Cc1ccc(C(F)(F)F)cc1. The van der Waals surface area contributed by atoms with Crippen LogP contribution in [0.3, 0.4) is 0 Å². The molecule has 8 heteroatoms. The molecule has 0 radical (unpaired) electrons. The van der Waals surface area contributed by atoms with Crippen LogP contribution in [0.5, 0.6) is 0 Å². The molecule has 0 unspecified atom stereocenters. The van der Waals surface area contributed by atoms with Crippen molar-refractivity contribution in [3.63, 3.8) is 0 Å². The summed E-state index contributed by atoms with van der Waals surface area (Å²) in [6.45, 7) is 0.102. The second kappa shape index (κ2) is 12.9. The minimum absolute atomic E-state index is 0.102. The van der Waals surface area contributed by atoms with E-state index in [0.29, 0.717) is 5.56 Å². The van der Waals surface area contributed by atoms with Crippen molar-refractivity contribution >= 4 is 18.0 Å². The van der Waals surface area contributed by atoms with Gasteiger partial charge in [-0.1, -0.05) is 72.8 Å². The second-order valence-corrected chi connectivity index (χ2v) is 9.06. The summed E-state index contributed by atoms with van der Waals surface area (Å²) in [5.74, 6) is -1.06. The number of methoxy groups -OCH3 is 1. The number of carbonyl (C=O) groups is 2. The number of benzene rings is 3. The van der Waals surface area contributed by atoms with E-state index in [1.165, 1.54) is 36.3 Å². The molecule has 0 aliphatic carbocycles. The molecule has 0 aliphatic rings. The molecule has 40 heavy (non-hydrogen) atoms. The fourth-order valence-electron chi connectivity index (χ4n) is 4.19. The summed E-state index contributed by atoms with van der Waals surface area (Å²) in [5, 5.41) is 0. The number of hydrogen-bond acceptors (Lipinski definition) is 4. The molecule has 1 atom stereocenters. The lowest BCUT2D eigenvalue weighted by Crippen LogP contribution is -2.46. The van der Waals surface area contributed by atoms with Gasteiger partial charge < -0.3 is 9.64 Å². The molecule has 0 saturated heterocycles. The van der Waals surface area contributed by atoms with Crippen LogP contribution in [-0.2, 0) is 33.5 Å². The third-order valence-corrected chi connectivity index (χ3v) is 6.33. The standard InChI is InChI=1S/C32H27F3N2O3/c1-40-31(39)29(21-24-7-3-2-4-8-24)37(22-25-10-15-26(16-11-25)28-9-5-6-20-36-28)30(38)19-14-23-12-17-27(18-13-23)32(33,34)35/h2-20,29H,21-22H2,1H3/t29-/m0/s1. The van der Waals surface area contributed by atoms with Crippen molar-refractivity contribution < 1.29 is 27.5 Å². The van der Waals surface area contributed by atoms with Crippen LogP contribution < -0.4 is 0 Å². The number of carbonyl (C=O) groups excluding carboxylic acids is 2. The van der Waals surface area contributed by atoms with Crippen LogP contribution in [0.2, 0.25) is 0 Å². The average molecular weight is 545 g/mol. The van der Waals surface area contributed by atoms with Gasteiger partial charge in [-0.2, -0.15) is 13.2 Å². The summed E-state index contributed by atoms with van der Waals surface area (Å²) in [6, 6.07) is 25.9. The Morgan fingerprint density at radius 1 is 0.875 bits per heavy atom. The van der Waals surface area contributed by atoms with Crippen LogP contribution in [0, 0.1) is 0 Å². The van der Waals surface area contributed by atoms with Crippen LogP contribution >= 0.6 is 0 Å². The smallest absolute Gasteiger partial charge is 0.416 e. The van der Waals surface area contributed by atoms with Crippen molar-refractivity contribution in [2.75, 3.05) is 7.11 Å². The second-order valence-electron chi connectivity index (χ2n) is 9.06. The number of ether oxygens (including phenoxy) is 1. The molecule has 3 aromatic carbocycles. The van der Waals surface area contributed by atoms with Crippen molar-refractivity contribution in [1.29, 1.82) is 0 Å². The Bertz CT molecular complexity index is 1440. The van der Waals surface area contributed by atoms with E-state index in [-0.39, 0.29) is 13.0 Å². The van der Waals surface area contributed by atoms with Gasteiger partial charge in [-0.25, -0.2) is 4.79 Å². The number of nitrogens with zero attached hydrogens (tertiary/aromatic N) is 2. The molecule has 4 rings (SSSR count). The highest BCUT2D eigenvalue weighted by atomic mass is 19.4. The average Bonchev–Trinajstić information content (AvgIpc) is 2.98. The van der Waals surface area contributed by atoms with Gasteiger partial charge in [0.1, 0.15) is 6.04 Å². The number of amides is 1. The van der Waals surface area contributed by atoms with Gasteiger partial charge in [-0.3, -0.25) is 9.78 Å². The molecule has 0 bridgehead atoms. The van der Waals surface area contributed by atoms with Gasteiger partial charge in [-0.05, 0) is 47.0 Å². The predicted molar refractivity (Wildman–Crippen MR) is 147 cm³/mol. The highest BCUT2D eigenvalue weighted by Gasteiger charge is 2.31. The lowest BCUT2D eigenvalue weighted by atomic mass is 10.0. The molecule has 1 aromatic heterocycles. The molecule has 204 valence electrons. The zero-order chi connectivity index (χ0) is 28.5.